The molecule has 8 nitrogen and oxygen atoms in total. The number of carbonyl (C=O) groups is 2. The van der Waals surface area contributed by atoms with Crippen LogP contribution in [0.1, 0.15) is 23.2 Å². The Morgan fingerprint density at radius 1 is 1.19 bits per heavy atom. The lowest BCUT2D eigenvalue weighted by Crippen LogP contribution is -2.51. The molecule has 0 saturated carbocycles. The van der Waals surface area contributed by atoms with Gasteiger partial charge in [-0.15, -0.1) is 0 Å². The standard InChI is InChI=1S/C23H26N4O4/c1-31-26-19-13-25-21(23(30)27-11-3-5-18(28)14-27)20(19)22(29)16-8-6-15(7-9-16)17-4-2-10-24-12-17/h2,4,6-10,12-13,18-21,26,28H,3,5,11,14H2,1H3. The minimum absolute atomic E-state index is 0.180. The number of aliphatic hydroxyl groups is 1. The average Bonchev–Trinajstić information content (AvgIpc) is 3.22. The van der Waals surface area contributed by atoms with Gasteiger partial charge in [-0.05, 0) is 30.0 Å². The molecule has 0 radical (unpaired) electrons. The van der Waals surface area contributed by atoms with E-state index in [4.69, 9.17) is 4.84 Å². The SMILES string of the molecule is CONC1C=NC(C(=O)N2CCCC(O)C2)C1C(=O)c1ccc(-c2cccnc2)cc1. The quantitative estimate of drug-likeness (QED) is 0.540. The zero-order valence-corrected chi connectivity index (χ0v) is 17.3. The molecule has 0 bridgehead atoms. The van der Waals surface area contributed by atoms with Crippen LogP contribution in [0.3, 0.4) is 0 Å². The molecular weight excluding hydrogens is 396 g/mol. The van der Waals surface area contributed by atoms with E-state index >= 15 is 0 Å². The summed E-state index contributed by atoms with van der Waals surface area (Å²) in [5.41, 5.74) is 5.20. The van der Waals surface area contributed by atoms with Crippen molar-refractivity contribution in [2.45, 2.75) is 31.0 Å². The second-order valence-corrected chi connectivity index (χ2v) is 7.88. The van der Waals surface area contributed by atoms with Crippen LogP contribution in [0.5, 0.6) is 0 Å². The fourth-order valence-electron chi connectivity index (χ4n) is 4.23. The fraction of sp³-hybridized carbons (Fsp3) is 0.391. The summed E-state index contributed by atoms with van der Waals surface area (Å²) in [5.74, 6) is -1.14. The van der Waals surface area contributed by atoms with Gasteiger partial charge in [-0.2, -0.15) is 5.48 Å². The Labute approximate surface area is 180 Å². The maximum atomic E-state index is 13.4. The monoisotopic (exact) mass is 422 g/mol. The highest BCUT2D eigenvalue weighted by Crippen LogP contribution is 2.27. The number of aromatic nitrogens is 1. The predicted octanol–water partition coefficient (Wildman–Crippen LogP) is 1.50. The van der Waals surface area contributed by atoms with Crippen molar-refractivity contribution in [1.82, 2.24) is 15.4 Å². The maximum absolute atomic E-state index is 13.4. The van der Waals surface area contributed by atoms with Crippen molar-refractivity contribution in [3.05, 3.63) is 54.4 Å². The summed E-state index contributed by atoms with van der Waals surface area (Å²) >= 11 is 0. The predicted molar refractivity (Wildman–Crippen MR) is 116 cm³/mol. The van der Waals surface area contributed by atoms with Crippen molar-refractivity contribution in [1.29, 1.82) is 0 Å². The van der Waals surface area contributed by atoms with Crippen molar-refractivity contribution in [3.8, 4) is 11.1 Å². The van der Waals surface area contributed by atoms with Gasteiger partial charge >= 0.3 is 0 Å². The van der Waals surface area contributed by atoms with Crippen molar-refractivity contribution in [2.24, 2.45) is 10.9 Å². The Hall–Kier alpha value is -2.94. The number of nitrogens with one attached hydrogen (secondary N) is 1. The fourth-order valence-corrected chi connectivity index (χ4v) is 4.23. The molecule has 2 aromatic rings. The van der Waals surface area contributed by atoms with E-state index in [1.165, 1.54) is 7.11 Å². The average molecular weight is 422 g/mol. The first kappa shape index (κ1) is 21.3. The molecule has 4 atom stereocenters. The first-order chi connectivity index (χ1) is 15.1. The Bertz CT molecular complexity index is 948. The molecule has 31 heavy (non-hydrogen) atoms. The molecule has 2 aliphatic rings. The lowest BCUT2D eigenvalue weighted by molar-refractivity contribution is -0.136. The van der Waals surface area contributed by atoms with E-state index in [9.17, 15) is 14.7 Å². The number of amides is 1. The third kappa shape index (κ3) is 4.56. The van der Waals surface area contributed by atoms with Crippen molar-refractivity contribution < 1.29 is 19.5 Å². The number of carbonyl (C=O) groups excluding carboxylic acids is 2. The lowest BCUT2D eigenvalue weighted by atomic mass is 9.86. The van der Waals surface area contributed by atoms with Crippen molar-refractivity contribution in [3.63, 3.8) is 0 Å². The first-order valence-electron chi connectivity index (χ1n) is 10.4. The smallest absolute Gasteiger partial charge is 0.248 e. The van der Waals surface area contributed by atoms with Gasteiger partial charge in [0.25, 0.3) is 0 Å². The van der Waals surface area contributed by atoms with Crippen LogP contribution < -0.4 is 5.48 Å². The Kier molecular flexibility index (Phi) is 6.50. The van der Waals surface area contributed by atoms with Gasteiger partial charge < -0.3 is 14.8 Å². The molecule has 1 aromatic heterocycles. The van der Waals surface area contributed by atoms with Crippen LogP contribution in [0.2, 0.25) is 0 Å². The van der Waals surface area contributed by atoms with E-state index in [1.807, 2.05) is 24.3 Å². The van der Waals surface area contributed by atoms with Gasteiger partial charge in [0, 0.05) is 37.3 Å². The number of nitrogens with zero attached hydrogens (tertiary/aromatic N) is 3. The summed E-state index contributed by atoms with van der Waals surface area (Å²) < 4.78 is 0. The van der Waals surface area contributed by atoms with E-state index in [2.05, 4.69) is 15.5 Å². The summed E-state index contributed by atoms with van der Waals surface area (Å²) in [6, 6.07) is 9.72. The number of hydrogen-bond acceptors (Lipinski definition) is 7. The van der Waals surface area contributed by atoms with Crippen LogP contribution in [0.4, 0.5) is 0 Å². The number of aliphatic hydroxyl groups excluding tert-OH is 1. The van der Waals surface area contributed by atoms with E-state index in [1.54, 1.807) is 35.6 Å². The number of hydrogen-bond donors (Lipinski definition) is 2. The summed E-state index contributed by atoms with van der Waals surface area (Å²) in [6.45, 7) is 0.832. The number of hydroxylamine groups is 1. The highest BCUT2D eigenvalue weighted by molar-refractivity contribution is 6.05. The summed E-state index contributed by atoms with van der Waals surface area (Å²) in [6.07, 6.45) is 5.92. The molecule has 8 heteroatoms. The third-order valence-corrected chi connectivity index (χ3v) is 5.82. The van der Waals surface area contributed by atoms with Crippen LogP contribution in [0.25, 0.3) is 11.1 Å². The van der Waals surface area contributed by atoms with Crippen molar-refractivity contribution >= 4 is 17.9 Å². The molecule has 4 unspecified atom stereocenters. The lowest BCUT2D eigenvalue weighted by Gasteiger charge is -2.33. The van der Waals surface area contributed by atoms with Crippen LogP contribution in [0, 0.1) is 5.92 Å². The minimum Gasteiger partial charge on any atom is -0.391 e. The Morgan fingerprint density at radius 3 is 2.68 bits per heavy atom. The van der Waals surface area contributed by atoms with Crippen LogP contribution in [-0.4, -0.2) is 71.3 Å². The Balaban J connectivity index is 1.56. The normalized spacial score (nSPS) is 25.5. The number of β-amino-alcohol motifs (C(OH)–C–C–N with tert-alkyl or cyclic N) is 1. The molecule has 0 aliphatic carbocycles. The first-order valence-corrected chi connectivity index (χ1v) is 10.4. The van der Waals surface area contributed by atoms with E-state index < -0.39 is 24.1 Å². The van der Waals surface area contributed by atoms with Gasteiger partial charge in [0.05, 0.1) is 25.2 Å². The summed E-state index contributed by atoms with van der Waals surface area (Å²) in [7, 11) is 1.47. The van der Waals surface area contributed by atoms with E-state index in [0.717, 1.165) is 17.5 Å². The van der Waals surface area contributed by atoms with Gasteiger partial charge in [0.2, 0.25) is 5.91 Å². The highest BCUT2D eigenvalue weighted by atomic mass is 16.6. The number of likely N-dealkylation sites (tertiary alicyclic amines) is 1. The maximum Gasteiger partial charge on any atom is 0.248 e. The number of piperidine rings is 1. The Morgan fingerprint density at radius 2 is 2.00 bits per heavy atom. The molecule has 3 heterocycles. The topological polar surface area (TPSA) is 104 Å². The number of benzene rings is 1. The number of aliphatic imine (C=N–C) groups is 1. The zero-order valence-electron chi connectivity index (χ0n) is 17.3. The minimum atomic E-state index is -0.844. The molecule has 162 valence electrons. The highest BCUT2D eigenvalue weighted by Gasteiger charge is 2.45. The molecule has 1 fully saturated rings. The van der Waals surface area contributed by atoms with Gasteiger partial charge in [-0.25, -0.2) is 0 Å². The van der Waals surface area contributed by atoms with E-state index in [-0.39, 0.29) is 18.2 Å². The number of ketones is 1. The largest absolute Gasteiger partial charge is 0.391 e. The summed E-state index contributed by atoms with van der Waals surface area (Å²) in [4.78, 5) is 41.7. The van der Waals surface area contributed by atoms with Crippen LogP contribution in [-0.2, 0) is 9.63 Å². The third-order valence-electron chi connectivity index (χ3n) is 5.82. The number of Topliss-reactive ketones (excluding diaryl/α,β-unsaturated/α-hetero) is 1. The van der Waals surface area contributed by atoms with E-state index in [0.29, 0.717) is 18.5 Å². The molecule has 2 aliphatic heterocycles. The molecule has 4 rings (SSSR count). The van der Waals surface area contributed by atoms with Gasteiger partial charge in [-0.3, -0.25) is 19.6 Å². The molecule has 2 N–H and O–H groups in total. The number of rotatable bonds is 6. The zero-order chi connectivity index (χ0) is 21.8. The molecule has 1 aromatic carbocycles. The van der Waals surface area contributed by atoms with Crippen LogP contribution >= 0.6 is 0 Å². The van der Waals surface area contributed by atoms with Gasteiger partial charge in [-0.1, -0.05) is 30.3 Å². The van der Waals surface area contributed by atoms with Gasteiger partial charge in [0.15, 0.2) is 5.78 Å². The molecular formula is C23H26N4O4. The second-order valence-electron chi connectivity index (χ2n) is 7.88. The molecule has 1 amide bonds. The van der Waals surface area contributed by atoms with Gasteiger partial charge in [0.1, 0.15) is 6.04 Å². The summed E-state index contributed by atoms with van der Waals surface area (Å²) in [5, 5.41) is 9.94. The van der Waals surface area contributed by atoms with Crippen LogP contribution in [0.15, 0.2) is 53.8 Å². The molecule has 0 spiro atoms. The van der Waals surface area contributed by atoms with Crippen molar-refractivity contribution in [2.75, 3.05) is 20.2 Å². The number of pyridine rings is 1. The second kappa shape index (κ2) is 9.47. The molecule has 1 saturated heterocycles.